The first-order valence-corrected chi connectivity index (χ1v) is 8.32. The van der Waals surface area contributed by atoms with Crippen LogP contribution in [-0.2, 0) is 6.54 Å². The average molecular weight is 308 g/mol. The number of hydrogen-bond donors (Lipinski definition) is 1. The molecule has 0 bridgehead atoms. The van der Waals surface area contributed by atoms with Crippen LogP contribution < -0.4 is 0 Å². The number of imidazole rings is 1. The quantitative estimate of drug-likeness (QED) is 0.745. The Labute approximate surface area is 137 Å². The Kier molecular flexibility index (Phi) is 4.49. The van der Waals surface area contributed by atoms with Gasteiger partial charge in [0.15, 0.2) is 0 Å². The van der Waals surface area contributed by atoms with Gasteiger partial charge in [-0.2, -0.15) is 0 Å². The molecule has 0 unspecified atom stereocenters. The van der Waals surface area contributed by atoms with E-state index in [2.05, 4.69) is 53.7 Å². The lowest BCUT2D eigenvalue weighted by Gasteiger charge is -2.13. The van der Waals surface area contributed by atoms with Gasteiger partial charge in [-0.25, -0.2) is 4.98 Å². The third-order valence-corrected chi connectivity index (χ3v) is 4.36. The first-order chi connectivity index (χ1) is 11.1. The first-order valence-electron chi connectivity index (χ1n) is 8.32. The number of aromatic nitrogens is 2. The van der Waals surface area contributed by atoms with Gasteiger partial charge in [0.25, 0.3) is 0 Å². The highest BCUT2D eigenvalue weighted by Crippen LogP contribution is 2.24. The van der Waals surface area contributed by atoms with Gasteiger partial charge in [0.1, 0.15) is 11.9 Å². The number of aliphatic hydroxyl groups excluding tert-OH is 1. The van der Waals surface area contributed by atoms with Crippen molar-refractivity contribution >= 4 is 11.0 Å². The van der Waals surface area contributed by atoms with E-state index in [-0.39, 0.29) is 0 Å². The lowest BCUT2D eigenvalue weighted by molar-refractivity contribution is 0.160. The molecule has 0 fully saturated rings. The normalized spacial score (nSPS) is 12.9. The fourth-order valence-corrected chi connectivity index (χ4v) is 2.89. The van der Waals surface area contributed by atoms with Gasteiger partial charge >= 0.3 is 0 Å². The summed E-state index contributed by atoms with van der Waals surface area (Å²) < 4.78 is 2.13. The van der Waals surface area contributed by atoms with Gasteiger partial charge in [-0.3, -0.25) is 0 Å². The van der Waals surface area contributed by atoms with Crippen molar-refractivity contribution in [2.75, 3.05) is 0 Å². The Morgan fingerprint density at radius 3 is 2.39 bits per heavy atom. The van der Waals surface area contributed by atoms with E-state index in [0.29, 0.717) is 12.3 Å². The van der Waals surface area contributed by atoms with E-state index in [1.165, 1.54) is 11.1 Å². The molecule has 0 amide bonds. The third kappa shape index (κ3) is 3.15. The predicted molar refractivity (Wildman–Crippen MR) is 94.6 cm³/mol. The molecule has 3 heteroatoms. The molecule has 1 aromatic heterocycles. The molecule has 3 nitrogen and oxygen atoms in total. The van der Waals surface area contributed by atoms with Gasteiger partial charge in [0.05, 0.1) is 11.0 Å². The molecule has 23 heavy (non-hydrogen) atoms. The highest BCUT2D eigenvalue weighted by atomic mass is 16.3. The Bertz CT molecular complexity index is 787. The number of fused-ring (bicyclic) bond motifs is 1. The molecule has 0 spiro atoms. The predicted octanol–water partition coefficient (Wildman–Crippen LogP) is 4.65. The smallest absolute Gasteiger partial charge is 0.139 e. The first kappa shape index (κ1) is 15.8. The standard InChI is InChI=1S/C20H24N2O/c1-4-19(23)20-21-17-7-5-6-8-18(17)22(20)13-15-9-11-16(12-10-15)14(2)3/h5-12,14,19,23H,4,13H2,1-3H3/t19-/m1/s1. The average Bonchev–Trinajstić information content (AvgIpc) is 2.93. The molecule has 3 rings (SSSR count). The Morgan fingerprint density at radius 1 is 1.04 bits per heavy atom. The summed E-state index contributed by atoms with van der Waals surface area (Å²) in [7, 11) is 0. The van der Waals surface area contributed by atoms with Crippen LogP contribution in [0.15, 0.2) is 48.5 Å². The van der Waals surface area contributed by atoms with Gasteiger partial charge < -0.3 is 9.67 Å². The maximum Gasteiger partial charge on any atom is 0.139 e. The van der Waals surface area contributed by atoms with Crippen molar-refractivity contribution in [3.63, 3.8) is 0 Å². The number of nitrogens with zero attached hydrogens (tertiary/aromatic N) is 2. The summed E-state index contributed by atoms with van der Waals surface area (Å²) in [6.07, 6.45) is 0.132. The second kappa shape index (κ2) is 6.55. The van der Waals surface area contributed by atoms with E-state index in [1.54, 1.807) is 0 Å². The highest BCUT2D eigenvalue weighted by Gasteiger charge is 2.16. The molecule has 0 saturated heterocycles. The van der Waals surface area contributed by atoms with E-state index in [4.69, 9.17) is 0 Å². The topological polar surface area (TPSA) is 38.1 Å². The van der Waals surface area contributed by atoms with Crippen molar-refractivity contribution in [3.8, 4) is 0 Å². The Balaban J connectivity index is 2.00. The molecule has 0 aliphatic heterocycles. The van der Waals surface area contributed by atoms with Gasteiger partial charge in [-0.1, -0.05) is 57.2 Å². The summed E-state index contributed by atoms with van der Waals surface area (Å²) in [5.41, 5.74) is 4.58. The van der Waals surface area contributed by atoms with Crippen LogP contribution in [0.2, 0.25) is 0 Å². The van der Waals surface area contributed by atoms with E-state index >= 15 is 0 Å². The van der Waals surface area contributed by atoms with Crippen LogP contribution in [0.5, 0.6) is 0 Å². The maximum absolute atomic E-state index is 10.3. The minimum Gasteiger partial charge on any atom is -0.385 e. The molecule has 120 valence electrons. The second-order valence-corrected chi connectivity index (χ2v) is 6.37. The number of para-hydroxylation sites is 2. The van der Waals surface area contributed by atoms with Gasteiger partial charge in [-0.05, 0) is 35.6 Å². The zero-order chi connectivity index (χ0) is 16.4. The fraction of sp³-hybridized carbons (Fsp3) is 0.350. The van der Waals surface area contributed by atoms with Crippen LogP contribution >= 0.6 is 0 Å². The number of aliphatic hydroxyl groups is 1. The molecule has 1 atom stereocenters. The van der Waals surface area contributed by atoms with Crippen LogP contribution in [0.3, 0.4) is 0 Å². The Morgan fingerprint density at radius 2 is 1.74 bits per heavy atom. The van der Waals surface area contributed by atoms with Gasteiger partial charge in [0, 0.05) is 6.54 Å². The zero-order valence-electron chi connectivity index (χ0n) is 14.0. The van der Waals surface area contributed by atoms with Crippen molar-refractivity contribution in [1.29, 1.82) is 0 Å². The molecule has 0 saturated carbocycles. The minimum absolute atomic E-state index is 0.530. The molecule has 1 heterocycles. The highest BCUT2D eigenvalue weighted by molar-refractivity contribution is 5.76. The molecule has 2 aromatic carbocycles. The van der Waals surface area contributed by atoms with E-state index in [0.717, 1.165) is 23.4 Å². The van der Waals surface area contributed by atoms with Crippen molar-refractivity contribution in [3.05, 3.63) is 65.5 Å². The lowest BCUT2D eigenvalue weighted by atomic mass is 10.0. The van der Waals surface area contributed by atoms with Crippen molar-refractivity contribution in [2.24, 2.45) is 0 Å². The SMILES string of the molecule is CC[C@@H](O)c1nc2ccccc2n1Cc1ccc(C(C)C)cc1. The molecule has 0 aliphatic carbocycles. The molecule has 0 aliphatic rings. The van der Waals surface area contributed by atoms with Crippen molar-refractivity contribution < 1.29 is 5.11 Å². The number of rotatable bonds is 5. The summed E-state index contributed by atoms with van der Waals surface area (Å²) in [6.45, 7) is 7.11. The van der Waals surface area contributed by atoms with Crippen molar-refractivity contribution in [1.82, 2.24) is 9.55 Å². The largest absolute Gasteiger partial charge is 0.385 e. The number of benzene rings is 2. The second-order valence-electron chi connectivity index (χ2n) is 6.37. The number of hydrogen-bond acceptors (Lipinski definition) is 2. The zero-order valence-corrected chi connectivity index (χ0v) is 14.0. The van der Waals surface area contributed by atoms with E-state index in [1.807, 2.05) is 25.1 Å². The van der Waals surface area contributed by atoms with Crippen LogP contribution in [0, 0.1) is 0 Å². The van der Waals surface area contributed by atoms with Crippen molar-refractivity contribution in [2.45, 2.75) is 45.8 Å². The van der Waals surface area contributed by atoms with Crippen LogP contribution in [0.1, 0.15) is 56.2 Å². The van der Waals surface area contributed by atoms with Crippen LogP contribution in [-0.4, -0.2) is 14.7 Å². The summed E-state index contributed by atoms with van der Waals surface area (Å²) in [5.74, 6) is 1.29. The molecule has 3 aromatic rings. The van der Waals surface area contributed by atoms with E-state index < -0.39 is 6.10 Å². The van der Waals surface area contributed by atoms with Gasteiger partial charge in [-0.15, -0.1) is 0 Å². The van der Waals surface area contributed by atoms with Gasteiger partial charge in [0.2, 0.25) is 0 Å². The molecular formula is C20H24N2O. The Hall–Kier alpha value is -2.13. The van der Waals surface area contributed by atoms with Crippen LogP contribution in [0.4, 0.5) is 0 Å². The fourth-order valence-electron chi connectivity index (χ4n) is 2.89. The summed E-state index contributed by atoms with van der Waals surface area (Å²) in [4.78, 5) is 4.64. The summed E-state index contributed by atoms with van der Waals surface area (Å²) in [6, 6.07) is 16.8. The molecular weight excluding hydrogens is 284 g/mol. The maximum atomic E-state index is 10.3. The van der Waals surface area contributed by atoms with Crippen LogP contribution in [0.25, 0.3) is 11.0 Å². The minimum atomic E-state index is -0.530. The summed E-state index contributed by atoms with van der Waals surface area (Å²) in [5, 5.41) is 10.3. The third-order valence-electron chi connectivity index (χ3n) is 4.36. The molecule has 1 N–H and O–H groups in total. The lowest BCUT2D eigenvalue weighted by Crippen LogP contribution is -2.09. The molecule has 0 radical (unpaired) electrons. The van der Waals surface area contributed by atoms with E-state index in [9.17, 15) is 5.11 Å². The monoisotopic (exact) mass is 308 g/mol. The summed E-state index contributed by atoms with van der Waals surface area (Å²) >= 11 is 0.